The zero-order valence-electron chi connectivity index (χ0n) is 16.5. The zero-order valence-corrected chi connectivity index (χ0v) is 18.1. The third-order valence-corrected chi connectivity index (χ3v) is 6.13. The lowest BCUT2D eigenvalue weighted by Crippen LogP contribution is -2.41. The Morgan fingerprint density at radius 2 is 1.81 bits per heavy atom. The van der Waals surface area contributed by atoms with Crippen molar-refractivity contribution in [1.82, 2.24) is 15.6 Å². The molecular formula is C23H21ClN4O2S. The highest BCUT2D eigenvalue weighted by Crippen LogP contribution is 2.32. The number of para-hydroxylation sites is 1. The van der Waals surface area contributed by atoms with Crippen LogP contribution in [0.2, 0.25) is 5.02 Å². The molecule has 6 nitrogen and oxygen atoms in total. The highest BCUT2D eigenvalue weighted by Gasteiger charge is 2.20. The summed E-state index contributed by atoms with van der Waals surface area (Å²) in [6, 6.07) is 18.5. The molecule has 8 heteroatoms. The molecule has 0 aliphatic carbocycles. The minimum absolute atomic E-state index is 0.00444. The lowest BCUT2D eigenvalue weighted by atomic mass is 9.97. The van der Waals surface area contributed by atoms with Crippen LogP contribution in [-0.4, -0.2) is 30.0 Å². The van der Waals surface area contributed by atoms with Gasteiger partial charge in [0.05, 0.1) is 6.54 Å². The molecule has 0 saturated carbocycles. The van der Waals surface area contributed by atoms with Crippen LogP contribution in [0.15, 0.2) is 72.2 Å². The van der Waals surface area contributed by atoms with Gasteiger partial charge in [-0.25, -0.2) is 4.79 Å². The van der Waals surface area contributed by atoms with Crippen molar-refractivity contribution in [2.24, 2.45) is 0 Å². The zero-order chi connectivity index (χ0) is 21.6. The molecule has 1 atom stereocenters. The quantitative estimate of drug-likeness (QED) is 0.319. The van der Waals surface area contributed by atoms with Gasteiger partial charge in [-0.05, 0) is 47.3 Å². The van der Waals surface area contributed by atoms with Gasteiger partial charge in [0.1, 0.15) is 0 Å². The maximum Gasteiger partial charge on any atom is 0.315 e. The molecule has 31 heavy (non-hydrogen) atoms. The molecule has 0 spiro atoms. The first-order valence-corrected chi connectivity index (χ1v) is 11.0. The Kier molecular flexibility index (Phi) is 6.54. The molecule has 2 aromatic carbocycles. The second-order valence-corrected chi connectivity index (χ2v) is 8.39. The average molecular weight is 453 g/mol. The number of nitrogens with one attached hydrogen (secondary N) is 4. The molecule has 0 fully saturated rings. The first kappa shape index (κ1) is 21.0. The molecule has 0 radical (unpaired) electrons. The summed E-state index contributed by atoms with van der Waals surface area (Å²) in [4.78, 5) is 28.9. The number of rotatable bonds is 7. The number of fused-ring (bicyclic) bond motifs is 1. The van der Waals surface area contributed by atoms with Crippen molar-refractivity contribution < 1.29 is 9.59 Å². The highest BCUT2D eigenvalue weighted by molar-refractivity contribution is 7.10. The summed E-state index contributed by atoms with van der Waals surface area (Å²) in [7, 11) is 0. The Labute approximate surface area is 188 Å². The fourth-order valence-corrected chi connectivity index (χ4v) is 4.36. The minimum Gasteiger partial charge on any atom is -0.361 e. The number of aromatic nitrogens is 1. The van der Waals surface area contributed by atoms with E-state index < -0.39 is 6.03 Å². The molecule has 1 unspecified atom stereocenters. The van der Waals surface area contributed by atoms with E-state index in [4.69, 9.17) is 11.6 Å². The average Bonchev–Trinajstić information content (AvgIpc) is 3.45. The van der Waals surface area contributed by atoms with Gasteiger partial charge in [-0.1, -0.05) is 35.9 Å². The largest absolute Gasteiger partial charge is 0.361 e. The van der Waals surface area contributed by atoms with Crippen LogP contribution in [0.5, 0.6) is 0 Å². The van der Waals surface area contributed by atoms with Gasteiger partial charge in [0, 0.05) is 45.1 Å². The van der Waals surface area contributed by atoms with Crippen LogP contribution in [0.4, 0.5) is 10.5 Å². The van der Waals surface area contributed by atoms with Crippen molar-refractivity contribution in [3.05, 3.63) is 87.7 Å². The maximum atomic E-state index is 12.3. The SMILES string of the molecule is O=C(CNC(=O)NCC(c1cccs1)c1c[nH]c2ccccc12)Nc1ccc(Cl)cc1. The molecule has 4 rings (SSSR count). The van der Waals surface area contributed by atoms with Gasteiger partial charge < -0.3 is 20.9 Å². The molecular weight excluding hydrogens is 432 g/mol. The number of anilines is 1. The van der Waals surface area contributed by atoms with E-state index in [9.17, 15) is 9.59 Å². The Balaban J connectivity index is 1.36. The normalized spacial score (nSPS) is 11.8. The second kappa shape index (κ2) is 9.68. The van der Waals surface area contributed by atoms with Crippen molar-refractivity contribution in [3.8, 4) is 0 Å². The summed E-state index contributed by atoms with van der Waals surface area (Å²) in [5, 5.41) is 12.0. The Hall–Kier alpha value is -3.29. The number of H-pyrrole nitrogens is 1. The lowest BCUT2D eigenvalue weighted by molar-refractivity contribution is -0.115. The molecule has 0 aliphatic heterocycles. The van der Waals surface area contributed by atoms with Crippen LogP contribution in [0.25, 0.3) is 10.9 Å². The van der Waals surface area contributed by atoms with Gasteiger partial charge in [-0.15, -0.1) is 11.3 Å². The van der Waals surface area contributed by atoms with Crippen LogP contribution in [0.3, 0.4) is 0 Å². The number of carbonyl (C=O) groups is 2. The molecule has 0 saturated heterocycles. The molecule has 2 heterocycles. The molecule has 3 amide bonds. The van der Waals surface area contributed by atoms with Gasteiger partial charge in [0.25, 0.3) is 0 Å². The number of urea groups is 1. The van der Waals surface area contributed by atoms with E-state index >= 15 is 0 Å². The predicted octanol–water partition coefficient (Wildman–Crippen LogP) is 4.95. The van der Waals surface area contributed by atoms with Gasteiger partial charge in [-0.2, -0.15) is 0 Å². The van der Waals surface area contributed by atoms with Gasteiger partial charge in [0.15, 0.2) is 0 Å². The highest BCUT2D eigenvalue weighted by atomic mass is 35.5. The van der Waals surface area contributed by atoms with Crippen molar-refractivity contribution in [2.75, 3.05) is 18.4 Å². The third-order valence-electron chi connectivity index (χ3n) is 4.89. The van der Waals surface area contributed by atoms with E-state index in [1.54, 1.807) is 35.6 Å². The van der Waals surface area contributed by atoms with E-state index in [0.29, 0.717) is 17.3 Å². The fourth-order valence-electron chi connectivity index (χ4n) is 3.39. The Bertz CT molecular complexity index is 1170. The van der Waals surface area contributed by atoms with Crippen LogP contribution in [0, 0.1) is 0 Å². The third kappa shape index (κ3) is 5.25. The molecule has 4 N–H and O–H groups in total. The maximum absolute atomic E-state index is 12.3. The molecule has 0 aliphatic rings. The van der Waals surface area contributed by atoms with Gasteiger partial charge >= 0.3 is 6.03 Å². The van der Waals surface area contributed by atoms with E-state index in [1.807, 2.05) is 35.8 Å². The predicted molar refractivity (Wildman–Crippen MR) is 126 cm³/mol. The number of hydrogen-bond acceptors (Lipinski definition) is 3. The summed E-state index contributed by atoms with van der Waals surface area (Å²) in [5.74, 6) is -0.311. The monoisotopic (exact) mass is 452 g/mol. The number of thiophene rings is 1. The van der Waals surface area contributed by atoms with Gasteiger partial charge in [0.2, 0.25) is 5.91 Å². The summed E-state index contributed by atoms with van der Waals surface area (Å²) in [5.41, 5.74) is 2.80. The van der Waals surface area contributed by atoms with E-state index in [-0.39, 0.29) is 18.4 Å². The second-order valence-electron chi connectivity index (χ2n) is 6.98. The fraction of sp³-hybridized carbons (Fsp3) is 0.130. The van der Waals surface area contributed by atoms with Crippen LogP contribution < -0.4 is 16.0 Å². The molecule has 158 valence electrons. The Morgan fingerprint density at radius 1 is 1.00 bits per heavy atom. The lowest BCUT2D eigenvalue weighted by Gasteiger charge is -2.16. The van der Waals surface area contributed by atoms with Crippen molar-refractivity contribution in [1.29, 1.82) is 0 Å². The van der Waals surface area contributed by atoms with Crippen molar-refractivity contribution in [2.45, 2.75) is 5.92 Å². The summed E-state index contributed by atoms with van der Waals surface area (Å²) >= 11 is 7.49. The molecule has 2 aromatic heterocycles. The van der Waals surface area contributed by atoms with Crippen LogP contribution >= 0.6 is 22.9 Å². The van der Waals surface area contributed by atoms with E-state index in [2.05, 4.69) is 33.1 Å². The first-order valence-electron chi connectivity index (χ1n) is 9.76. The number of hydrogen-bond donors (Lipinski definition) is 4. The van der Waals surface area contributed by atoms with Crippen molar-refractivity contribution in [3.63, 3.8) is 0 Å². The van der Waals surface area contributed by atoms with Gasteiger partial charge in [-0.3, -0.25) is 4.79 Å². The summed E-state index contributed by atoms with van der Waals surface area (Å²) in [6.07, 6.45) is 1.99. The number of carbonyl (C=O) groups excluding carboxylic acids is 2. The number of halogens is 1. The molecule has 0 bridgehead atoms. The summed E-state index contributed by atoms with van der Waals surface area (Å²) < 4.78 is 0. The number of amides is 3. The van der Waals surface area contributed by atoms with E-state index in [1.165, 1.54) is 0 Å². The van der Waals surface area contributed by atoms with E-state index in [0.717, 1.165) is 21.3 Å². The minimum atomic E-state index is -0.396. The molecule has 4 aromatic rings. The Morgan fingerprint density at radius 3 is 2.58 bits per heavy atom. The summed E-state index contributed by atoms with van der Waals surface area (Å²) in [6.45, 7) is 0.276. The van der Waals surface area contributed by atoms with Crippen LogP contribution in [0.1, 0.15) is 16.4 Å². The smallest absolute Gasteiger partial charge is 0.315 e. The first-order chi connectivity index (χ1) is 15.1. The topological polar surface area (TPSA) is 86.0 Å². The van der Waals surface area contributed by atoms with Crippen LogP contribution in [-0.2, 0) is 4.79 Å². The number of aromatic amines is 1. The number of benzene rings is 2. The standard InChI is InChI=1S/C23H21ClN4O2S/c24-15-7-9-16(10-8-15)28-22(29)14-27-23(30)26-13-19(21-6-3-11-31-21)18-12-25-20-5-2-1-4-17(18)20/h1-12,19,25H,13-14H2,(H,28,29)(H2,26,27,30). The van der Waals surface area contributed by atoms with Crippen molar-refractivity contribution >= 4 is 51.5 Å².